The van der Waals surface area contributed by atoms with Gasteiger partial charge in [-0.1, -0.05) is 71.9 Å². The molecule has 0 aliphatic heterocycles. The first-order valence-electron chi connectivity index (χ1n) is 10.9. The highest BCUT2D eigenvalue weighted by molar-refractivity contribution is 5.81. The zero-order chi connectivity index (χ0) is 23.5. The Morgan fingerprint density at radius 3 is 2.21 bits per heavy atom. The standard InChI is InChI=1S/C26H22N4O4/c31-25(32)24(14-17-15-30(29-28-17)18-8-2-1-3-9-18)27-26(33)34-16-23-21-12-6-4-10-19(21)20-11-5-7-13-22(20)23/h1-13,15,23-24H,14,16H2,(H,27,33)(H,31,32)/t24-/m0/s1. The Hall–Kier alpha value is -4.46. The normalized spacial score (nSPS) is 13.1. The molecule has 1 aromatic heterocycles. The molecular weight excluding hydrogens is 432 g/mol. The lowest BCUT2D eigenvalue weighted by atomic mass is 9.98. The molecule has 0 spiro atoms. The monoisotopic (exact) mass is 454 g/mol. The van der Waals surface area contributed by atoms with E-state index in [-0.39, 0.29) is 18.9 Å². The maximum absolute atomic E-state index is 12.5. The fourth-order valence-corrected chi connectivity index (χ4v) is 4.29. The van der Waals surface area contributed by atoms with Crippen molar-refractivity contribution in [1.29, 1.82) is 0 Å². The number of carboxylic acids is 1. The molecule has 1 amide bonds. The van der Waals surface area contributed by atoms with E-state index in [2.05, 4.69) is 27.8 Å². The van der Waals surface area contributed by atoms with Crippen LogP contribution in [0.15, 0.2) is 85.1 Å². The molecule has 0 radical (unpaired) electrons. The second-order valence-electron chi connectivity index (χ2n) is 8.05. The van der Waals surface area contributed by atoms with Crippen LogP contribution in [0.2, 0.25) is 0 Å². The minimum atomic E-state index is -1.20. The van der Waals surface area contributed by atoms with E-state index in [1.807, 2.05) is 66.7 Å². The molecule has 1 atom stereocenters. The van der Waals surface area contributed by atoms with E-state index in [1.54, 1.807) is 10.9 Å². The number of carboxylic acid groups (broad SMARTS) is 1. The third kappa shape index (κ3) is 4.25. The van der Waals surface area contributed by atoms with Crippen LogP contribution in [0.4, 0.5) is 4.79 Å². The first-order chi connectivity index (χ1) is 16.6. The molecule has 170 valence electrons. The van der Waals surface area contributed by atoms with Crippen LogP contribution in [0.5, 0.6) is 0 Å². The number of aromatic nitrogens is 3. The van der Waals surface area contributed by atoms with Crippen molar-refractivity contribution in [2.24, 2.45) is 0 Å². The zero-order valence-electron chi connectivity index (χ0n) is 18.2. The van der Waals surface area contributed by atoms with E-state index < -0.39 is 18.1 Å². The number of alkyl carbamates (subject to hydrolysis) is 1. The number of benzene rings is 3. The summed E-state index contributed by atoms with van der Waals surface area (Å²) in [6.07, 6.45) is 0.835. The molecule has 0 saturated heterocycles. The average molecular weight is 454 g/mol. The van der Waals surface area contributed by atoms with Crippen molar-refractivity contribution in [2.45, 2.75) is 18.4 Å². The van der Waals surface area contributed by atoms with Crippen LogP contribution < -0.4 is 5.32 Å². The molecule has 1 heterocycles. The minimum Gasteiger partial charge on any atom is -0.480 e. The van der Waals surface area contributed by atoms with Gasteiger partial charge in [0.1, 0.15) is 12.6 Å². The molecular formula is C26H22N4O4. The Bertz CT molecular complexity index is 1290. The fourth-order valence-electron chi connectivity index (χ4n) is 4.29. The number of amides is 1. The Balaban J connectivity index is 1.24. The molecule has 2 N–H and O–H groups in total. The molecule has 5 rings (SSSR count). The molecule has 0 saturated carbocycles. The topological polar surface area (TPSA) is 106 Å². The number of aliphatic carboxylic acids is 1. The summed E-state index contributed by atoms with van der Waals surface area (Å²) in [6, 6.07) is 24.2. The number of para-hydroxylation sites is 1. The third-order valence-electron chi connectivity index (χ3n) is 5.91. The van der Waals surface area contributed by atoms with Crippen LogP contribution in [-0.4, -0.2) is 44.8 Å². The van der Waals surface area contributed by atoms with Gasteiger partial charge in [-0.2, -0.15) is 0 Å². The van der Waals surface area contributed by atoms with Crippen LogP contribution >= 0.6 is 0 Å². The zero-order valence-corrected chi connectivity index (χ0v) is 18.2. The summed E-state index contributed by atoms with van der Waals surface area (Å²) < 4.78 is 7.04. The predicted octanol–water partition coefficient (Wildman–Crippen LogP) is 3.80. The molecule has 0 bridgehead atoms. The Morgan fingerprint density at radius 2 is 1.56 bits per heavy atom. The van der Waals surface area contributed by atoms with Crippen molar-refractivity contribution < 1.29 is 19.4 Å². The van der Waals surface area contributed by atoms with E-state index in [0.29, 0.717) is 5.69 Å². The first-order valence-corrected chi connectivity index (χ1v) is 10.9. The lowest BCUT2D eigenvalue weighted by molar-refractivity contribution is -0.139. The van der Waals surface area contributed by atoms with Gasteiger partial charge in [-0.05, 0) is 34.4 Å². The highest BCUT2D eigenvalue weighted by Crippen LogP contribution is 2.44. The van der Waals surface area contributed by atoms with Gasteiger partial charge in [0.05, 0.1) is 17.6 Å². The number of carbonyl (C=O) groups is 2. The summed E-state index contributed by atoms with van der Waals surface area (Å²) in [5.74, 6) is -1.28. The lowest BCUT2D eigenvalue weighted by Gasteiger charge is -2.17. The highest BCUT2D eigenvalue weighted by Gasteiger charge is 2.30. The van der Waals surface area contributed by atoms with Crippen molar-refractivity contribution >= 4 is 12.1 Å². The molecule has 1 aliphatic rings. The van der Waals surface area contributed by atoms with Crippen LogP contribution in [-0.2, 0) is 16.0 Å². The number of hydrogen-bond acceptors (Lipinski definition) is 5. The smallest absolute Gasteiger partial charge is 0.407 e. The van der Waals surface area contributed by atoms with Crippen molar-refractivity contribution in [1.82, 2.24) is 20.3 Å². The first kappa shape index (κ1) is 21.4. The second kappa shape index (κ2) is 9.19. The minimum absolute atomic E-state index is 0.0215. The average Bonchev–Trinajstić information content (AvgIpc) is 3.46. The third-order valence-corrected chi connectivity index (χ3v) is 5.91. The second-order valence-corrected chi connectivity index (χ2v) is 8.05. The number of ether oxygens (including phenoxy) is 1. The molecule has 8 heteroatoms. The Labute approximate surface area is 195 Å². The van der Waals surface area contributed by atoms with Crippen molar-refractivity contribution in [3.63, 3.8) is 0 Å². The Morgan fingerprint density at radius 1 is 0.941 bits per heavy atom. The molecule has 1 aliphatic carbocycles. The van der Waals surface area contributed by atoms with Gasteiger partial charge >= 0.3 is 12.1 Å². The number of nitrogens with zero attached hydrogens (tertiary/aromatic N) is 3. The number of nitrogens with one attached hydrogen (secondary N) is 1. The van der Waals surface area contributed by atoms with E-state index in [1.165, 1.54) is 0 Å². The quantitative estimate of drug-likeness (QED) is 0.440. The van der Waals surface area contributed by atoms with Gasteiger partial charge < -0.3 is 15.2 Å². The SMILES string of the molecule is O=C(N[C@@H](Cc1cn(-c2ccccc2)nn1)C(=O)O)OCC1c2ccccc2-c2ccccc21. The summed E-state index contributed by atoms with van der Waals surface area (Å²) in [5, 5.41) is 20.1. The molecule has 34 heavy (non-hydrogen) atoms. The highest BCUT2D eigenvalue weighted by atomic mass is 16.5. The number of carbonyl (C=O) groups excluding carboxylic acids is 1. The maximum atomic E-state index is 12.5. The van der Waals surface area contributed by atoms with Crippen molar-refractivity contribution in [3.8, 4) is 16.8 Å². The van der Waals surface area contributed by atoms with Gasteiger partial charge in [-0.25, -0.2) is 14.3 Å². The summed E-state index contributed by atoms with van der Waals surface area (Å²) in [6.45, 7) is 0.108. The van der Waals surface area contributed by atoms with Crippen LogP contribution in [0.25, 0.3) is 16.8 Å². The van der Waals surface area contributed by atoms with Crippen LogP contribution in [0.1, 0.15) is 22.7 Å². The van der Waals surface area contributed by atoms with E-state index in [0.717, 1.165) is 27.9 Å². The molecule has 3 aromatic carbocycles. The van der Waals surface area contributed by atoms with Gasteiger partial charge in [-0.15, -0.1) is 5.10 Å². The number of hydrogen-bond donors (Lipinski definition) is 2. The fraction of sp³-hybridized carbons (Fsp3) is 0.154. The molecule has 0 unspecified atom stereocenters. The van der Waals surface area contributed by atoms with E-state index in [4.69, 9.17) is 4.74 Å². The molecule has 4 aromatic rings. The van der Waals surface area contributed by atoms with Gasteiger partial charge in [-0.3, -0.25) is 0 Å². The van der Waals surface area contributed by atoms with Crippen LogP contribution in [0.3, 0.4) is 0 Å². The van der Waals surface area contributed by atoms with Gasteiger partial charge in [0.15, 0.2) is 0 Å². The van der Waals surface area contributed by atoms with Gasteiger partial charge in [0, 0.05) is 12.3 Å². The summed E-state index contributed by atoms with van der Waals surface area (Å²) in [4.78, 5) is 24.3. The van der Waals surface area contributed by atoms with Gasteiger partial charge in [0.25, 0.3) is 0 Å². The lowest BCUT2D eigenvalue weighted by Crippen LogP contribution is -2.43. The predicted molar refractivity (Wildman–Crippen MR) is 125 cm³/mol. The molecule has 8 nitrogen and oxygen atoms in total. The maximum Gasteiger partial charge on any atom is 0.407 e. The van der Waals surface area contributed by atoms with Gasteiger partial charge in [0.2, 0.25) is 0 Å². The van der Waals surface area contributed by atoms with Crippen molar-refractivity contribution in [3.05, 3.63) is 102 Å². The van der Waals surface area contributed by atoms with E-state index in [9.17, 15) is 14.7 Å². The largest absolute Gasteiger partial charge is 0.480 e. The van der Waals surface area contributed by atoms with Crippen LogP contribution in [0, 0.1) is 0 Å². The summed E-state index contributed by atoms with van der Waals surface area (Å²) in [7, 11) is 0. The summed E-state index contributed by atoms with van der Waals surface area (Å²) in [5.41, 5.74) is 5.66. The van der Waals surface area contributed by atoms with E-state index >= 15 is 0 Å². The number of rotatable bonds is 7. The Kier molecular flexibility index (Phi) is 5.78. The summed E-state index contributed by atoms with van der Waals surface area (Å²) >= 11 is 0. The number of fused-ring (bicyclic) bond motifs is 3. The molecule has 0 fully saturated rings. The van der Waals surface area contributed by atoms with Crippen molar-refractivity contribution in [2.75, 3.05) is 6.61 Å².